The third-order valence-corrected chi connectivity index (χ3v) is 10.3. The Labute approximate surface area is 333 Å². The summed E-state index contributed by atoms with van der Waals surface area (Å²) in [4.78, 5) is 86.6. The van der Waals surface area contributed by atoms with Gasteiger partial charge >= 0.3 is 5.97 Å². The lowest BCUT2D eigenvalue weighted by Gasteiger charge is -2.31. The second kappa shape index (κ2) is 21.1. The maximum absolute atomic E-state index is 14.3. The van der Waals surface area contributed by atoms with Crippen molar-refractivity contribution in [2.75, 3.05) is 19.6 Å². The fraction of sp³-hybridized carbons (Fsp3) is 0.537. The first-order valence-corrected chi connectivity index (χ1v) is 19.7. The van der Waals surface area contributed by atoms with Gasteiger partial charge in [0.25, 0.3) is 0 Å². The van der Waals surface area contributed by atoms with Gasteiger partial charge < -0.3 is 47.4 Å². The minimum Gasteiger partial charge on any atom is -0.508 e. The topological polar surface area (TPSA) is 245 Å². The largest absolute Gasteiger partial charge is 0.508 e. The monoisotopic (exact) mass is 790 g/mol. The second-order valence-electron chi connectivity index (χ2n) is 15.7. The first-order valence-electron chi connectivity index (χ1n) is 19.7. The molecule has 4 rings (SSSR count). The van der Waals surface area contributed by atoms with Gasteiger partial charge in [0.15, 0.2) is 0 Å². The predicted octanol–water partition coefficient (Wildman–Crippen LogP) is 0.859. The molecule has 2 heterocycles. The number of rotatable bonds is 20. The van der Waals surface area contributed by atoms with E-state index in [0.29, 0.717) is 31.4 Å². The molecular formula is C41H58N8O8. The van der Waals surface area contributed by atoms with Gasteiger partial charge in [0.1, 0.15) is 29.9 Å². The van der Waals surface area contributed by atoms with Crippen molar-refractivity contribution in [1.29, 1.82) is 0 Å². The minimum absolute atomic E-state index is 0.0247. The normalized spacial score (nSPS) is 18.9. The van der Waals surface area contributed by atoms with Crippen molar-refractivity contribution >= 4 is 41.8 Å². The molecule has 1 fully saturated rings. The number of phenolic OH excluding ortho intramolecular Hbond substituents is 1. The predicted molar refractivity (Wildman–Crippen MR) is 214 cm³/mol. The van der Waals surface area contributed by atoms with Crippen molar-refractivity contribution in [3.63, 3.8) is 0 Å². The van der Waals surface area contributed by atoms with Gasteiger partial charge in [-0.15, -0.1) is 0 Å². The summed E-state index contributed by atoms with van der Waals surface area (Å²) in [7, 11) is 0. The van der Waals surface area contributed by atoms with E-state index >= 15 is 0 Å². The van der Waals surface area contributed by atoms with E-state index in [-0.39, 0.29) is 56.0 Å². The Bertz CT molecular complexity index is 1720. The zero-order valence-corrected chi connectivity index (χ0v) is 33.1. The number of phenols is 1. The van der Waals surface area contributed by atoms with E-state index < -0.39 is 71.6 Å². The Morgan fingerprint density at radius 1 is 0.860 bits per heavy atom. The molecule has 0 aromatic heterocycles. The summed E-state index contributed by atoms with van der Waals surface area (Å²) in [6, 6.07) is 9.73. The van der Waals surface area contributed by atoms with E-state index in [0.717, 1.165) is 5.56 Å². The Balaban J connectivity index is 1.49. The Morgan fingerprint density at radius 2 is 1.51 bits per heavy atom. The van der Waals surface area contributed by atoms with E-state index in [4.69, 9.17) is 5.73 Å². The van der Waals surface area contributed by atoms with Crippen LogP contribution in [0.4, 0.5) is 0 Å². The number of nitrogens with one attached hydrogen (secondary N) is 5. The van der Waals surface area contributed by atoms with E-state index in [1.54, 1.807) is 50.2 Å². The third kappa shape index (κ3) is 13.3. The smallest absolute Gasteiger partial charge is 0.326 e. The highest BCUT2D eigenvalue weighted by Gasteiger charge is 2.40. The van der Waals surface area contributed by atoms with Crippen LogP contribution in [-0.4, -0.2) is 113 Å². The Hall–Kier alpha value is -5.51. The van der Waals surface area contributed by atoms with Crippen molar-refractivity contribution < 1.29 is 39.0 Å². The third-order valence-electron chi connectivity index (χ3n) is 10.3. The van der Waals surface area contributed by atoms with Crippen molar-refractivity contribution in [3.8, 4) is 5.75 Å². The van der Waals surface area contributed by atoms with Gasteiger partial charge in [-0.2, -0.15) is 0 Å². The molecule has 1 saturated heterocycles. The van der Waals surface area contributed by atoms with E-state index in [1.807, 2.05) is 19.9 Å². The second-order valence-corrected chi connectivity index (χ2v) is 15.7. The van der Waals surface area contributed by atoms with Gasteiger partial charge in [0.05, 0.1) is 24.3 Å². The number of hydrogen-bond donors (Lipinski definition) is 8. The molecule has 0 bridgehead atoms. The van der Waals surface area contributed by atoms with Crippen LogP contribution in [0.15, 0.2) is 59.6 Å². The molecule has 310 valence electrons. The van der Waals surface area contributed by atoms with Crippen molar-refractivity contribution in [1.82, 2.24) is 31.5 Å². The first kappa shape index (κ1) is 44.2. The average Bonchev–Trinajstić information content (AvgIpc) is 3.89. The molecule has 9 N–H and O–H groups in total. The molecule has 2 aliphatic heterocycles. The van der Waals surface area contributed by atoms with Crippen LogP contribution in [0.5, 0.6) is 5.75 Å². The number of carboxylic acid groups (broad SMARTS) is 1. The molecule has 57 heavy (non-hydrogen) atoms. The van der Waals surface area contributed by atoms with Crippen molar-refractivity contribution in [2.45, 2.75) is 102 Å². The molecule has 0 spiro atoms. The molecule has 2 aromatic rings. The molecule has 16 heteroatoms. The number of amides is 5. The standard InChI is InChI=1S/C41H58N8O8/c1-24(2)17-28(21-44-37(52)31(46-39(54)35(42)25(3)4)18-27-12-14-30(50)15-13-27)36(51)47-32(20-29-22-43-23-45-29)40(55)49-16-8-11-34(49)38(53)48-33(41(56)57)19-26-9-6-5-7-10-26/h5-7,9-10,12-15,23-25,28-29,31-35,50H,8,11,16-22,42H2,1-4H3,(H,43,45)(H,44,52)(H,46,54)(H,47,51)(H,48,53)(H,56,57). The molecule has 0 aliphatic carbocycles. The van der Waals surface area contributed by atoms with Gasteiger partial charge in [0, 0.05) is 38.9 Å². The van der Waals surface area contributed by atoms with Crippen molar-refractivity contribution in [3.05, 3.63) is 65.7 Å². The lowest BCUT2D eigenvalue weighted by Crippen LogP contribution is -2.57. The lowest BCUT2D eigenvalue weighted by molar-refractivity contribution is -0.145. The number of carboxylic acids is 1. The first-order chi connectivity index (χ1) is 27.1. The van der Waals surface area contributed by atoms with Crippen LogP contribution in [0.1, 0.15) is 64.5 Å². The summed E-state index contributed by atoms with van der Waals surface area (Å²) < 4.78 is 0. The van der Waals surface area contributed by atoms with Crippen LogP contribution < -0.4 is 32.3 Å². The summed E-state index contributed by atoms with van der Waals surface area (Å²) >= 11 is 0. The summed E-state index contributed by atoms with van der Waals surface area (Å²) in [6.45, 7) is 8.04. The number of nitrogens with zero attached hydrogens (tertiary/aromatic N) is 2. The number of nitrogens with two attached hydrogens (primary N) is 1. The Morgan fingerprint density at radius 3 is 2.12 bits per heavy atom. The maximum atomic E-state index is 14.3. The number of aliphatic imine (C=N–C) groups is 1. The molecular weight excluding hydrogens is 732 g/mol. The number of hydrogen-bond acceptors (Lipinski definition) is 10. The fourth-order valence-electron chi connectivity index (χ4n) is 6.99. The van der Waals surface area contributed by atoms with Crippen LogP contribution in [-0.2, 0) is 41.6 Å². The summed E-state index contributed by atoms with van der Waals surface area (Å²) in [5.41, 5.74) is 7.49. The van der Waals surface area contributed by atoms with Gasteiger partial charge in [-0.25, -0.2) is 4.79 Å². The fourth-order valence-corrected chi connectivity index (χ4v) is 6.99. The zero-order valence-electron chi connectivity index (χ0n) is 33.1. The zero-order chi connectivity index (χ0) is 41.6. The maximum Gasteiger partial charge on any atom is 0.326 e. The molecule has 16 nitrogen and oxygen atoms in total. The summed E-state index contributed by atoms with van der Waals surface area (Å²) in [5.74, 6) is -4.67. The van der Waals surface area contributed by atoms with E-state index in [1.165, 1.54) is 23.4 Å². The molecule has 0 radical (unpaired) electrons. The number of benzene rings is 2. The van der Waals surface area contributed by atoms with Crippen LogP contribution >= 0.6 is 0 Å². The number of carbonyl (C=O) groups is 6. The van der Waals surface area contributed by atoms with Gasteiger partial charge in [-0.3, -0.25) is 29.0 Å². The van der Waals surface area contributed by atoms with Crippen LogP contribution in [0.3, 0.4) is 0 Å². The minimum atomic E-state index is -1.21. The number of aromatic hydroxyl groups is 1. The van der Waals surface area contributed by atoms with Crippen molar-refractivity contribution in [2.24, 2.45) is 28.5 Å². The number of carbonyl (C=O) groups excluding carboxylic acids is 5. The molecule has 2 aromatic carbocycles. The summed E-state index contributed by atoms with van der Waals surface area (Å²) in [5, 5.41) is 33.8. The van der Waals surface area contributed by atoms with Gasteiger partial charge in [-0.05, 0) is 54.4 Å². The summed E-state index contributed by atoms with van der Waals surface area (Å²) in [6.07, 6.45) is 3.04. The SMILES string of the molecule is CC(C)CC(CNC(=O)C(Cc1ccc(O)cc1)NC(=O)C(N)C(C)C)C(=O)NC(CC1CNC=N1)C(=O)N1CCCC1C(=O)NC(Cc1ccccc1)C(=O)O. The Kier molecular flexibility index (Phi) is 16.4. The highest BCUT2D eigenvalue weighted by atomic mass is 16.4. The quantitative estimate of drug-likeness (QED) is 0.0941. The number of likely N-dealkylation sites (tertiary alicyclic amines) is 1. The number of aliphatic carboxylic acids is 1. The molecule has 7 atom stereocenters. The van der Waals surface area contributed by atoms with Crippen LogP contribution in [0.2, 0.25) is 0 Å². The lowest BCUT2D eigenvalue weighted by atomic mass is 9.94. The highest BCUT2D eigenvalue weighted by Crippen LogP contribution is 2.22. The average molecular weight is 791 g/mol. The molecule has 0 saturated carbocycles. The van der Waals surface area contributed by atoms with Crippen LogP contribution in [0, 0.1) is 17.8 Å². The van der Waals surface area contributed by atoms with E-state index in [2.05, 4.69) is 31.6 Å². The van der Waals surface area contributed by atoms with Gasteiger partial charge in [-0.1, -0.05) is 70.2 Å². The van der Waals surface area contributed by atoms with E-state index in [9.17, 15) is 39.0 Å². The van der Waals surface area contributed by atoms with Crippen LogP contribution in [0.25, 0.3) is 0 Å². The highest BCUT2D eigenvalue weighted by molar-refractivity contribution is 5.95. The molecule has 7 unspecified atom stereocenters. The van der Waals surface area contributed by atoms with Gasteiger partial charge in [0.2, 0.25) is 29.5 Å². The molecule has 2 aliphatic rings. The molecule has 5 amide bonds.